The fraction of sp³-hybridized carbons (Fsp3) is 0.387. The van der Waals surface area contributed by atoms with E-state index in [1.54, 1.807) is 13.1 Å². The van der Waals surface area contributed by atoms with Crippen LogP contribution in [0.3, 0.4) is 0 Å². The number of hydrogen-bond acceptors (Lipinski definition) is 7. The summed E-state index contributed by atoms with van der Waals surface area (Å²) in [6.07, 6.45) is 6.76. The van der Waals surface area contributed by atoms with Crippen molar-refractivity contribution in [2.75, 3.05) is 12.3 Å². The Morgan fingerprint density at radius 1 is 1.18 bits per heavy atom. The minimum Gasteiger partial charge on any atom is -0.493 e. The van der Waals surface area contributed by atoms with Crippen molar-refractivity contribution in [2.45, 2.75) is 63.9 Å². The average molecular weight is 540 g/mol. The Morgan fingerprint density at radius 3 is 2.62 bits per heavy atom. The van der Waals surface area contributed by atoms with Gasteiger partial charge in [-0.3, -0.25) is 9.20 Å². The SMILES string of the molecule is CCOc1cc(C(C)(O)c2cccc(C)c2)ccc1-c1nc(C23CCC(C(=O)N=O)(CC2)C3)n2ccnc(N)c12. The lowest BCUT2D eigenvalue weighted by Gasteiger charge is -2.26. The Bertz CT molecular complexity index is 1650. The van der Waals surface area contributed by atoms with E-state index in [1.807, 2.05) is 66.9 Å². The van der Waals surface area contributed by atoms with Crippen molar-refractivity contribution in [2.24, 2.45) is 10.6 Å². The molecule has 2 aliphatic rings. The largest absolute Gasteiger partial charge is 0.493 e. The number of rotatable bonds is 7. The van der Waals surface area contributed by atoms with Crippen LogP contribution in [0.4, 0.5) is 5.82 Å². The van der Waals surface area contributed by atoms with Gasteiger partial charge in [-0.2, -0.15) is 0 Å². The smallest absolute Gasteiger partial charge is 0.292 e. The van der Waals surface area contributed by atoms with E-state index in [2.05, 4.69) is 10.2 Å². The molecular weight excluding hydrogens is 506 g/mol. The Balaban J connectivity index is 1.50. The summed E-state index contributed by atoms with van der Waals surface area (Å²) in [5.41, 5.74) is 8.70. The number of fused-ring (bicyclic) bond motifs is 3. The fourth-order valence-electron chi connectivity index (χ4n) is 6.93. The number of hydrogen-bond donors (Lipinski definition) is 2. The lowest BCUT2D eigenvalue weighted by molar-refractivity contribution is -0.127. The van der Waals surface area contributed by atoms with Crippen LogP contribution in [0.25, 0.3) is 16.8 Å². The molecule has 2 aromatic heterocycles. The highest BCUT2D eigenvalue weighted by Crippen LogP contribution is 2.63. The van der Waals surface area contributed by atoms with Gasteiger partial charge in [0, 0.05) is 28.5 Å². The van der Waals surface area contributed by atoms with Gasteiger partial charge in [0.05, 0.1) is 12.0 Å². The quantitative estimate of drug-likeness (QED) is 0.299. The lowest BCUT2D eigenvalue weighted by Crippen LogP contribution is -2.23. The summed E-state index contributed by atoms with van der Waals surface area (Å²) in [4.78, 5) is 33.2. The second-order valence-electron chi connectivity index (χ2n) is 11.5. The number of aryl methyl sites for hydroxylation is 1. The number of nitroso groups, excluding NO2 is 1. The van der Waals surface area contributed by atoms with Gasteiger partial charge in [-0.15, -0.1) is 4.91 Å². The molecule has 2 fully saturated rings. The molecule has 6 rings (SSSR count). The molecule has 9 heteroatoms. The van der Waals surface area contributed by atoms with Crippen molar-refractivity contribution in [1.29, 1.82) is 0 Å². The summed E-state index contributed by atoms with van der Waals surface area (Å²) < 4.78 is 8.10. The van der Waals surface area contributed by atoms with E-state index in [0.717, 1.165) is 35.4 Å². The number of imidazole rings is 1. The normalized spacial score (nSPS) is 23.3. The summed E-state index contributed by atoms with van der Waals surface area (Å²) in [6.45, 7) is 6.11. The summed E-state index contributed by atoms with van der Waals surface area (Å²) in [5.74, 6) is 1.17. The second-order valence-corrected chi connectivity index (χ2v) is 11.5. The number of anilines is 1. The van der Waals surface area contributed by atoms with Crippen LogP contribution in [0.1, 0.15) is 68.5 Å². The van der Waals surface area contributed by atoms with Gasteiger partial charge >= 0.3 is 0 Å². The van der Waals surface area contributed by atoms with Crippen molar-refractivity contribution in [1.82, 2.24) is 14.4 Å². The number of amides is 1. The van der Waals surface area contributed by atoms with Crippen molar-refractivity contribution >= 4 is 17.2 Å². The summed E-state index contributed by atoms with van der Waals surface area (Å²) in [6, 6.07) is 13.5. The van der Waals surface area contributed by atoms with Crippen LogP contribution < -0.4 is 10.5 Å². The number of benzene rings is 2. The lowest BCUT2D eigenvalue weighted by atomic mass is 9.81. The number of aliphatic hydroxyl groups is 1. The molecule has 2 saturated carbocycles. The van der Waals surface area contributed by atoms with E-state index in [-0.39, 0.29) is 5.41 Å². The molecule has 2 aliphatic carbocycles. The molecule has 9 nitrogen and oxygen atoms in total. The zero-order valence-corrected chi connectivity index (χ0v) is 23.0. The van der Waals surface area contributed by atoms with Crippen LogP contribution in [0.5, 0.6) is 5.75 Å². The average Bonchev–Trinajstić information content (AvgIpc) is 3.65. The molecule has 2 bridgehead atoms. The molecular formula is C31H33N5O4. The monoisotopic (exact) mass is 539 g/mol. The molecule has 1 amide bonds. The molecule has 0 radical (unpaired) electrons. The maximum absolute atomic E-state index is 12.5. The predicted molar refractivity (Wildman–Crippen MR) is 152 cm³/mol. The fourth-order valence-corrected chi connectivity index (χ4v) is 6.93. The molecule has 206 valence electrons. The molecule has 0 spiro atoms. The van der Waals surface area contributed by atoms with E-state index in [4.69, 9.17) is 15.5 Å². The van der Waals surface area contributed by atoms with Gasteiger partial charge in [-0.1, -0.05) is 35.9 Å². The molecule has 2 heterocycles. The highest BCUT2D eigenvalue weighted by molar-refractivity contribution is 5.88. The van der Waals surface area contributed by atoms with Gasteiger partial charge < -0.3 is 15.6 Å². The van der Waals surface area contributed by atoms with Gasteiger partial charge in [-0.05, 0) is 76.1 Å². The first-order valence-electron chi connectivity index (χ1n) is 13.7. The topological polar surface area (TPSA) is 132 Å². The van der Waals surface area contributed by atoms with E-state index in [1.165, 1.54) is 0 Å². The Hall–Kier alpha value is -4.11. The van der Waals surface area contributed by atoms with Gasteiger partial charge in [0.1, 0.15) is 34.2 Å². The summed E-state index contributed by atoms with van der Waals surface area (Å²) in [7, 11) is 0. The minimum absolute atomic E-state index is 0.332. The number of carbonyl (C=O) groups is 1. The molecule has 2 aromatic carbocycles. The molecule has 0 saturated heterocycles. The van der Waals surface area contributed by atoms with Crippen molar-refractivity contribution in [3.8, 4) is 17.0 Å². The van der Waals surface area contributed by atoms with Gasteiger partial charge in [0.25, 0.3) is 5.91 Å². The highest BCUT2D eigenvalue weighted by atomic mass is 16.5. The van der Waals surface area contributed by atoms with E-state index in [0.29, 0.717) is 54.2 Å². The molecule has 3 N–H and O–H groups in total. The van der Waals surface area contributed by atoms with Gasteiger partial charge in [-0.25, -0.2) is 9.97 Å². The Labute approximate surface area is 232 Å². The molecule has 1 atom stereocenters. The molecule has 0 aliphatic heterocycles. The van der Waals surface area contributed by atoms with Crippen LogP contribution in [0, 0.1) is 17.2 Å². The zero-order valence-electron chi connectivity index (χ0n) is 23.0. The number of ether oxygens (including phenoxy) is 1. The first-order valence-corrected chi connectivity index (χ1v) is 13.7. The summed E-state index contributed by atoms with van der Waals surface area (Å²) >= 11 is 0. The van der Waals surface area contributed by atoms with Crippen LogP contribution in [-0.4, -0.2) is 32.0 Å². The van der Waals surface area contributed by atoms with Crippen LogP contribution in [0.15, 0.2) is 60.0 Å². The zero-order chi connectivity index (χ0) is 28.3. The third kappa shape index (κ3) is 3.83. The number of nitrogen functional groups attached to an aromatic ring is 1. The molecule has 40 heavy (non-hydrogen) atoms. The van der Waals surface area contributed by atoms with Crippen molar-refractivity contribution in [3.63, 3.8) is 0 Å². The van der Waals surface area contributed by atoms with E-state index in [9.17, 15) is 14.8 Å². The highest BCUT2D eigenvalue weighted by Gasteiger charge is 2.60. The molecule has 4 aromatic rings. The van der Waals surface area contributed by atoms with Gasteiger partial charge in [0.15, 0.2) is 0 Å². The first kappa shape index (κ1) is 26.1. The Morgan fingerprint density at radius 2 is 1.93 bits per heavy atom. The van der Waals surface area contributed by atoms with Crippen LogP contribution in [-0.2, 0) is 15.8 Å². The van der Waals surface area contributed by atoms with Gasteiger partial charge in [0.2, 0.25) is 0 Å². The van der Waals surface area contributed by atoms with Crippen LogP contribution >= 0.6 is 0 Å². The number of aromatic nitrogens is 3. The third-order valence-corrected chi connectivity index (χ3v) is 9.11. The number of nitrogens with two attached hydrogens (primary N) is 1. The van der Waals surface area contributed by atoms with E-state index >= 15 is 0 Å². The van der Waals surface area contributed by atoms with E-state index < -0.39 is 16.9 Å². The van der Waals surface area contributed by atoms with Crippen molar-refractivity contribution < 1.29 is 14.6 Å². The number of carbonyl (C=O) groups excluding carboxylic acids is 1. The standard InChI is InChI=1S/C31H33N5O4/c1-4-40-23-17-21(29(3,38)20-7-5-6-19(2)16-20)8-9-22(23)24-25-26(32)33-14-15-36(25)27(34-24)30-10-12-31(18-30,13-11-30)28(37)35-39/h5-9,14-17,38H,4,10-13,18H2,1-3H3,(H2,32,33). The minimum atomic E-state index is -1.24. The third-order valence-electron chi connectivity index (χ3n) is 9.11. The first-order chi connectivity index (χ1) is 19.1. The number of nitrogens with zero attached hydrogens (tertiary/aromatic N) is 4. The second kappa shape index (κ2) is 9.23. The maximum Gasteiger partial charge on any atom is 0.292 e. The molecule has 1 unspecified atom stereocenters. The van der Waals surface area contributed by atoms with Crippen molar-refractivity contribution in [3.05, 3.63) is 82.3 Å². The predicted octanol–water partition coefficient (Wildman–Crippen LogP) is 5.44. The van der Waals surface area contributed by atoms with Crippen LogP contribution in [0.2, 0.25) is 0 Å². The maximum atomic E-state index is 12.5. The summed E-state index contributed by atoms with van der Waals surface area (Å²) in [5, 5.41) is 14.4. The Kier molecular flexibility index (Phi) is 6.03.